The summed E-state index contributed by atoms with van der Waals surface area (Å²) < 4.78 is 5.72. The molecule has 3 aliphatic heterocycles. The van der Waals surface area contributed by atoms with Crippen LogP contribution in [0, 0.1) is 33.1 Å². The zero-order valence-corrected chi connectivity index (χ0v) is 52.3. The Hall–Kier alpha value is -6.73. The molecule has 0 radical (unpaired) electrons. The summed E-state index contributed by atoms with van der Waals surface area (Å²) in [5.74, 6) is -0.917. The van der Waals surface area contributed by atoms with Gasteiger partial charge in [0, 0.05) is 120 Å². The summed E-state index contributed by atoms with van der Waals surface area (Å²) in [5.41, 5.74) is 11.8. The average molecular weight is 1180 g/mol. The first-order valence-electron chi connectivity index (χ1n) is 30.9. The number of aryl methyl sites for hydroxylation is 3. The molecule has 3 saturated heterocycles. The minimum atomic E-state index is -0.865. The highest BCUT2D eigenvalue weighted by Gasteiger charge is 2.44. The van der Waals surface area contributed by atoms with Gasteiger partial charge in [-0.15, -0.1) is 11.3 Å². The number of amides is 5. The van der Waals surface area contributed by atoms with E-state index in [1.54, 1.807) is 11.3 Å². The Morgan fingerprint density at radius 2 is 1.45 bits per heavy atom. The van der Waals surface area contributed by atoms with Gasteiger partial charge in [-0.2, -0.15) is 0 Å². The Labute approximate surface area is 506 Å². The van der Waals surface area contributed by atoms with Crippen LogP contribution in [0.4, 0.5) is 5.69 Å². The van der Waals surface area contributed by atoms with Crippen molar-refractivity contribution in [2.75, 3.05) is 57.4 Å². The number of ether oxygens (including phenoxy) is 1. The number of hydrogen-bond acceptors (Lipinski definition) is 12. The van der Waals surface area contributed by atoms with Gasteiger partial charge in [-0.05, 0) is 123 Å². The number of carbonyl (C=O) groups excluding carboxylic acids is 5. The number of benzene rings is 3. The number of aliphatic hydroxyl groups excluding tert-OH is 1. The molecule has 85 heavy (non-hydrogen) atoms. The number of β-amino-alcohol motifs (C(OH)–C–C–N with tert-alkyl or cyclic N) is 1. The molecule has 5 N–H and O–H groups in total. The number of pyridine rings is 1. The van der Waals surface area contributed by atoms with Crippen LogP contribution in [0.25, 0.3) is 21.6 Å². The highest BCUT2D eigenvalue weighted by Crippen LogP contribution is 2.35. The van der Waals surface area contributed by atoms with Crippen molar-refractivity contribution in [2.45, 2.75) is 176 Å². The lowest BCUT2D eigenvalue weighted by molar-refractivity contribution is -0.144. The van der Waals surface area contributed by atoms with Crippen molar-refractivity contribution in [3.05, 3.63) is 127 Å². The molecule has 3 fully saturated rings. The number of aliphatic hydroxyl groups is 1. The first-order valence-corrected chi connectivity index (χ1v) is 31.8. The van der Waals surface area contributed by atoms with Crippen LogP contribution in [-0.2, 0) is 43.5 Å². The molecule has 3 aliphatic rings. The maximum absolute atomic E-state index is 14.1. The molecule has 17 nitrogen and oxygen atoms in total. The maximum Gasteiger partial charge on any atom is 0.253 e. The fraction of sp³-hybridized carbons (Fsp3) is 0.537. The Morgan fingerprint density at radius 1 is 0.800 bits per heavy atom. The van der Waals surface area contributed by atoms with E-state index in [0.29, 0.717) is 56.3 Å². The summed E-state index contributed by atoms with van der Waals surface area (Å²) in [7, 11) is 0. The van der Waals surface area contributed by atoms with Gasteiger partial charge in [0.25, 0.3) is 11.5 Å². The first kappa shape index (κ1) is 64.3. The number of piperazine rings is 1. The molecule has 458 valence electrons. The van der Waals surface area contributed by atoms with Crippen LogP contribution in [0.1, 0.15) is 154 Å². The van der Waals surface area contributed by atoms with Crippen LogP contribution >= 0.6 is 11.3 Å². The molecule has 8 rings (SSSR count). The van der Waals surface area contributed by atoms with Crippen molar-refractivity contribution in [1.82, 2.24) is 40.6 Å². The Balaban J connectivity index is 0.727. The van der Waals surface area contributed by atoms with E-state index in [4.69, 9.17) is 4.74 Å². The fourth-order valence-electron chi connectivity index (χ4n) is 12.2. The van der Waals surface area contributed by atoms with Crippen molar-refractivity contribution in [2.24, 2.45) is 5.41 Å². The lowest BCUT2D eigenvalue weighted by Crippen LogP contribution is -2.57. The largest absolute Gasteiger partial charge is 0.391 e. The van der Waals surface area contributed by atoms with Crippen molar-refractivity contribution in [3.63, 3.8) is 0 Å². The number of nitrogens with one attached hydrogen (secondary N) is 4. The van der Waals surface area contributed by atoms with Gasteiger partial charge in [-0.3, -0.25) is 33.7 Å². The van der Waals surface area contributed by atoms with Crippen molar-refractivity contribution < 1.29 is 33.8 Å². The zero-order valence-electron chi connectivity index (χ0n) is 51.5. The number of carbonyl (C=O) groups is 5. The van der Waals surface area contributed by atoms with E-state index >= 15 is 0 Å². The highest BCUT2D eigenvalue weighted by molar-refractivity contribution is 7.13. The van der Waals surface area contributed by atoms with Crippen LogP contribution < -0.4 is 26.4 Å². The Morgan fingerprint density at radius 3 is 2.08 bits per heavy atom. The number of H-pyrrole nitrogens is 1. The molecule has 0 aliphatic carbocycles. The van der Waals surface area contributed by atoms with Gasteiger partial charge < -0.3 is 45.5 Å². The third-order valence-corrected chi connectivity index (χ3v) is 18.2. The molecule has 18 heteroatoms. The zero-order chi connectivity index (χ0) is 60.8. The minimum absolute atomic E-state index is 0.0243. The van der Waals surface area contributed by atoms with Crippen molar-refractivity contribution >= 4 is 46.6 Å². The number of rotatable bonds is 25. The molecular weight excluding hydrogens is 1090 g/mol. The number of hydrogen-bond donors (Lipinski definition) is 5. The smallest absolute Gasteiger partial charge is 0.253 e. The second-order valence-corrected chi connectivity index (χ2v) is 25.6. The summed E-state index contributed by atoms with van der Waals surface area (Å²) in [5, 5.41) is 19.6. The van der Waals surface area contributed by atoms with E-state index in [2.05, 4.69) is 73.0 Å². The molecule has 0 unspecified atom stereocenters. The van der Waals surface area contributed by atoms with Crippen molar-refractivity contribution in [1.29, 1.82) is 0 Å². The van der Waals surface area contributed by atoms with Crippen LogP contribution in [0.5, 0.6) is 0 Å². The summed E-state index contributed by atoms with van der Waals surface area (Å²) in [6.07, 6.45) is 8.39. The predicted molar refractivity (Wildman–Crippen MR) is 336 cm³/mol. The third-order valence-electron chi connectivity index (χ3n) is 17.3. The van der Waals surface area contributed by atoms with E-state index in [1.807, 2.05) is 95.3 Å². The molecule has 2 aromatic heterocycles. The lowest BCUT2D eigenvalue weighted by Gasteiger charge is -2.37. The maximum atomic E-state index is 14.1. The van der Waals surface area contributed by atoms with Gasteiger partial charge in [0.05, 0.1) is 22.2 Å². The number of aromatic amines is 1. The van der Waals surface area contributed by atoms with E-state index in [1.165, 1.54) is 10.5 Å². The van der Waals surface area contributed by atoms with E-state index < -0.39 is 23.6 Å². The van der Waals surface area contributed by atoms with Crippen LogP contribution in [0.3, 0.4) is 0 Å². The number of likely N-dealkylation sites (tertiary alicyclic amines) is 1. The normalized spacial score (nSPS) is 17.2. The third kappa shape index (κ3) is 17.3. The summed E-state index contributed by atoms with van der Waals surface area (Å²) in [6.45, 7) is 22.0. The number of nitrogens with zero attached hydrogens (tertiary/aromatic N) is 5. The molecule has 3 aromatic carbocycles. The topological polar surface area (TPSA) is 210 Å². The summed E-state index contributed by atoms with van der Waals surface area (Å²) in [6, 6.07) is 21.2. The molecule has 0 bridgehead atoms. The van der Waals surface area contributed by atoms with E-state index in [-0.39, 0.29) is 67.6 Å². The predicted octanol–water partition coefficient (Wildman–Crippen LogP) is 9.30. The highest BCUT2D eigenvalue weighted by atomic mass is 32.1. The van der Waals surface area contributed by atoms with Crippen LogP contribution in [0.15, 0.2) is 77.0 Å². The molecule has 5 aromatic rings. The van der Waals surface area contributed by atoms with Crippen molar-refractivity contribution in [3.8, 4) is 21.6 Å². The second kappa shape index (κ2) is 30.1. The summed E-state index contributed by atoms with van der Waals surface area (Å²) >= 11 is 1.58. The van der Waals surface area contributed by atoms with Gasteiger partial charge >= 0.3 is 0 Å². The standard InChI is InChI=1S/C67H91N9O8S/c1-9-75(53-27-33-84-34-28-53)57-37-52(36-55(46(57)4)63(80)69-40-56-44(2)35-45(3)71-64(56)81)50-23-21-49(22-24-50)41-73-29-31-74(32-30-73)60(79)18-16-14-12-10-11-13-15-17-59(78)72-62(67(6,7)8)66(83)76-42-54(77)38-58(76)65(82)68-39-48-19-25-51(26-20-48)61-47(5)70-43-85-61/h19-26,35-37,43,53-54,58,62,77H,9-18,27-34,38-42H2,1-8H3,(H,68,82)(H,69,80)(H,71,81)(H,72,78)/t54-,58+,62-/m1/s1. The van der Waals surface area contributed by atoms with E-state index in [9.17, 15) is 33.9 Å². The Kier molecular flexibility index (Phi) is 22.7. The van der Waals surface area contributed by atoms with Gasteiger partial charge in [0.1, 0.15) is 12.1 Å². The minimum Gasteiger partial charge on any atom is -0.391 e. The number of thiazole rings is 1. The quantitative estimate of drug-likeness (QED) is 0.0348. The number of anilines is 1. The van der Waals surface area contributed by atoms with Gasteiger partial charge in [0.15, 0.2) is 0 Å². The molecule has 0 spiro atoms. The molecule has 3 atom stereocenters. The molecule has 0 saturated carbocycles. The van der Waals surface area contributed by atoms with Gasteiger partial charge in [-0.25, -0.2) is 4.98 Å². The monoisotopic (exact) mass is 1180 g/mol. The second-order valence-electron chi connectivity index (χ2n) is 24.7. The summed E-state index contributed by atoms with van der Waals surface area (Å²) in [4.78, 5) is 97.6. The first-order chi connectivity index (χ1) is 40.8. The molecule has 5 amide bonds. The number of unbranched alkanes of at least 4 members (excludes halogenated alkanes) is 6. The average Bonchev–Trinajstić information content (AvgIpc) is 2.92. The van der Waals surface area contributed by atoms with Crippen LogP contribution in [-0.4, -0.2) is 136 Å². The Bertz CT molecular complexity index is 3140. The number of aromatic nitrogens is 2. The fourth-order valence-corrected chi connectivity index (χ4v) is 13.0. The van der Waals surface area contributed by atoms with Crippen LogP contribution in [0.2, 0.25) is 0 Å². The molecule has 5 heterocycles. The molecular formula is C67H91N9O8S. The van der Waals surface area contributed by atoms with E-state index in [0.717, 1.165) is 133 Å². The van der Waals surface area contributed by atoms with Gasteiger partial charge in [0.2, 0.25) is 23.6 Å². The van der Waals surface area contributed by atoms with Gasteiger partial charge in [-0.1, -0.05) is 101 Å². The lowest BCUT2D eigenvalue weighted by atomic mass is 9.85. The SMILES string of the molecule is CCN(c1cc(-c2ccc(CN3CCN(C(=O)CCCCCCCCCC(=O)N[C@H](C(=O)N4C[C@H](O)C[C@H]4C(=O)NCc4ccc(-c5scnc5C)cc4)C(C)(C)C)CC3)cc2)cc(C(=O)NCc2c(C)cc(C)[nH]c2=O)c1C)C1CCOCC1.